The summed E-state index contributed by atoms with van der Waals surface area (Å²) in [6.45, 7) is 5.74. The van der Waals surface area contributed by atoms with E-state index in [1.54, 1.807) is 0 Å². The summed E-state index contributed by atoms with van der Waals surface area (Å²) >= 11 is 0. The van der Waals surface area contributed by atoms with Gasteiger partial charge in [0.15, 0.2) is 5.78 Å². The molecule has 0 radical (unpaired) electrons. The number of hydrogen-bond acceptors (Lipinski definition) is 3. The Morgan fingerprint density at radius 3 is 2.32 bits per heavy atom. The van der Waals surface area contributed by atoms with Crippen LogP contribution in [0.5, 0.6) is 0 Å². The van der Waals surface area contributed by atoms with Crippen molar-refractivity contribution in [1.82, 2.24) is 0 Å². The molecular weight excluding hydrogens is 280 g/mol. The van der Waals surface area contributed by atoms with E-state index in [0.717, 1.165) is 12.0 Å². The van der Waals surface area contributed by atoms with Gasteiger partial charge in [-0.05, 0) is 37.7 Å². The number of ketones is 1. The van der Waals surface area contributed by atoms with Gasteiger partial charge in [-0.3, -0.25) is 9.59 Å². The number of carboxylic acid groups (broad SMARTS) is 1. The fraction of sp³-hybridized carbons (Fsp3) is 0.556. The SMILES string of the molecule is CC(=O)COC(CCCCC(=O)O)(c1ccccc1)C(C)C. The third-order valence-electron chi connectivity index (χ3n) is 3.92. The highest BCUT2D eigenvalue weighted by atomic mass is 16.5. The first-order chi connectivity index (χ1) is 10.4. The second-order valence-electron chi connectivity index (χ2n) is 6.00. The molecule has 0 aliphatic rings. The average molecular weight is 306 g/mol. The van der Waals surface area contributed by atoms with E-state index in [-0.39, 0.29) is 24.7 Å². The van der Waals surface area contributed by atoms with Gasteiger partial charge in [0.05, 0.1) is 5.60 Å². The number of carbonyl (C=O) groups excluding carboxylic acids is 1. The fourth-order valence-corrected chi connectivity index (χ4v) is 2.70. The second kappa shape index (κ2) is 8.69. The van der Waals surface area contributed by atoms with Crippen LogP contribution in [0, 0.1) is 5.92 Å². The van der Waals surface area contributed by atoms with Crippen molar-refractivity contribution < 1.29 is 19.4 Å². The van der Waals surface area contributed by atoms with Crippen molar-refractivity contribution >= 4 is 11.8 Å². The Labute approximate surface area is 132 Å². The largest absolute Gasteiger partial charge is 0.481 e. The zero-order chi connectivity index (χ0) is 16.6. The molecule has 1 unspecified atom stereocenters. The Morgan fingerprint density at radius 1 is 1.18 bits per heavy atom. The number of aliphatic carboxylic acids is 1. The molecule has 122 valence electrons. The van der Waals surface area contributed by atoms with Crippen molar-refractivity contribution in [3.05, 3.63) is 35.9 Å². The number of unbranched alkanes of at least 4 members (excludes halogenated alkanes) is 1. The van der Waals surface area contributed by atoms with Gasteiger partial charge in [0.1, 0.15) is 6.61 Å². The van der Waals surface area contributed by atoms with Gasteiger partial charge in [0, 0.05) is 6.42 Å². The lowest BCUT2D eigenvalue weighted by Gasteiger charge is -2.38. The highest BCUT2D eigenvalue weighted by Crippen LogP contribution is 2.38. The van der Waals surface area contributed by atoms with E-state index in [0.29, 0.717) is 12.8 Å². The maximum Gasteiger partial charge on any atom is 0.303 e. The van der Waals surface area contributed by atoms with Crippen molar-refractivity contribution in [1.29, 1.82) is 0 Å². The van der Waals surface area contributed by atoms with Crippen LogP contribution in [0.1, 0.15) is 52.0 Å². The Hall–Kier alpha value is -1.68. The molecule has 1 aromatic rings. The van der Waals surface area contributed by atoms with Crippen LogP contribution < -0.4 is 0 Å². The first-order valence-electron chi connectivity index (χ1n) is 7.79. The minimum Gasteiger partial charge on any atom is -0.481 e. The molecule has 0 heterocycles. The number of ether oxygens (including phenoxy) is 1. The Kier molecular flexibility index (Phi) is 7.25. The predicted octanol–water partition coefficient (Wildman–Crippen LogP) is 3.79. The quantitative estimate of drug-likeness (QED) is 0.668. The van der Waals surface area contributed by atoms with Gasteiger partial charge in [-0.25, -0.2) is 0 Å². The first-order valence-corrected chi connectivity index (χ1v) is 7.79. The maximum absolute atomic E-state index is 11.4. The topological polar surface area (TPSA) is 63.6 Å². The van der Waals surface area contributed by atoms with Gasteiger partial charge in [0.25, 0.3) is 0 Å². The Balaban J connectivity index is 2.94. The molecule has 1 aromatic carbocycles. The lowest BCUT2D eigenvalue weighted by Crippen LogP contribution is -2.37. The summed E-state index contributed by atoms with van der Waals surface area (Å²) < 4.78 is 6.05. The third kappa shape index (κ3) is 5.26. The van der Waals surface area contributed by atoms with E-state index in [1.165, 1.54) is 6.92 Å². The van der Waals surface area contributed by atoms with E-state index < -0.39 is 11.6 Å². The smallest absolute Gasteiger partial charge is 0.303 e. The van der Waals surface area contributed by atoms with Gasteiger partial charge >= 0.3 is 5.97 Å². The van der Waals surface area contributed by atoms with Crippen LogP contribution in [-0.2, 0) is 19.9 Å². The van der Waals surface area contributed by atoms with Crippen LogP contribution >= 0.6 is 0 Å². The zero-order valence-electron chi connectivity index (χ0n) is 13.7. The number of Topliss-reactive ketones (excluding diaryl/α,β-unsaturated/α-hetero) is 1. The second-order valence-corrected chi connectivity index (χ2v) is 6.00. The predicted molar refractivity (Wildman–Crippen MR) is 85.7 cm³/mol. The van der Waals surface area contributed by atoms with Crippen LogP contribution in [0.4, 0.5) is 0 Å². The summed E-state index contributed by atoms with van der Waals surface area (Å²) in [5, 5.41) is 8.77. The summed E-state index contributed by atoms with van der Waals surface area (Å²) in [4.78, 5) is 22.0. The molecule has 0 saturated heterocycles. The number of rotatable bonds is 10. The van der Waals surface area contributed by atoms with E-state index in [9.17, 15) is 9.59 Å². The van der Waals surface area contributed by atoms with Gasteiger partial charge < -0.3 is 9.84 Å². The minimum absolute atomic E-state index is 0.00788. The van der Waals surface area contributed by atoms with E-state index >= 15 is 0 Å². The van der Waals surface area contributed by atoms with E-state index in [2.05, 4.69) is 13.8 Å². The van der Waals surface area contributed by atoms with Crippen molar-refractivity contribution in [2.45, 2.75) is 52.1 Å². The van der Waals surface area contributed by atoms with Crippen LogP contribution in [0.2, 0.25) is 0 Å². The number of hydrogen-bond donors (Lipinski definition) is 1. The summed E-state index contributed by atoms with van der Waals surface area (Å²) in [6.07, 6.45) is 2.22. The van der Waals surface area contributed by atoms with E-state index in [4.69, 9.17) is 9.84 Å². The normalized spacial score (nSPS) is 13.8. The standard InChI is InChI=1S/C18H26O4/c1-14(2)18(22-13-15(3)19,12-8-7-11-17(20)21)16-9-5-4-6-10-16/h4-6,9-10,14H,7-8,11-13H2,1-3H3,(H,20,21). The number of carboxylic acids is 1. The summed E-state index contributed by atoms with van der Waals surface area (Å²) in [7, 11) is 0. The van der Waals surface area contributed by atoms with Crippen molar-refractivity contribution in [3.8, 4) is 0 Å². The molecule has 4 heteroatoms. The Morgan fingerprint density at radius 2 is 1.82 bits per heavy atom. The molecule has 0 bridgehead atoms. The fourth-order valence-electron chi connectivity index (χ4n) is 2.70. The maximum atomic E-state index is 11.4. The monoisotopic (exact) mass is 306 g/mol. The molecule has 4 nitrogen and oxygen atoms in total. The molecule has 22 heavy (non-hydrogen) atoms. The summed E-state index contributed by atoms with van der Waals surface area (Å²) in [5.74, 6) is -0.606. The molecule has 0 aliphatic carbocycles. The molecule has 1 atom stereocenters. The zero-order valence-corrected chi connectivity index (χ0v) is 13.7. The minimum atomic E-state index is -0.778. The van der Waals surface area contributed by atoms with Crippen LogP contribution in [0.15, 0.2) is 30.3 Å². The summed E-state index contributed by atoms with van der Waals surface area (Å²) in [6, 6.07) is 9.89. The molecule has 0 amide bonds. The van der Waals surface area contributed by atoms with Crippen molar-refractivity contribution in [3.63, 3.8) is 0 Å². The molecule has 0 aromatic heterocycles. The lowest BCUT2D eigenvalue weighted by atomic mass is 9.79. The molecule has 1 N–H and O–H groups in total. The summed E-state index contributed by atoms with van der Waals surface area (Å²) in [5.41, 5.74) is 0.493. The number of benzene rings is 1. The molecule has 0 fully saturated rings. The van der Waals surface area contributed by atoms with Gasteiger partial charge in [-0.2, -0.15) is 0 Å². The van der Waals surface area contributed by atoms with Gasteiger partial charge in [-0.1, -0.05) is 44.2 Å². The van der Waals surface area contributed by atoms with Gasteiger partial charge in [0.2, 0.25) is 0 Å². The first kappa shape index (κ1) is 18.4. The van der Waals surface area contributed by atoms with Crippen molar-refractivity contribution in [2.75, 3.05) is 6.61 Å². The highest BCUT2D eigenvalue weighted by Gasteiger charge is 2.36. The average Bonchev–Trinajstić information content (AvgIpc) is 2.47. The number of carbonyl (C=O) groups is 2. The molecule has 0 aliphatic heterocycles. The van der Waals surface area contributed by atoms with E-state index in [1.807, 2.05) is 30.3 Å². The van der Waals surface area contributed by atoms with Crippen LogP contribution in [0.25, 0.3) is 0 Å². The third-order valence-corrected chi connectivity index (χ3v) is 3.92. The lowest BCUT2D eigenvalue weighted by molar-refractivity contribution is -0.138. The highest BCUT2D eigenvalue weighted by molar-refractivity contribution is 5.76. The Bertz CT molecular complexity index is 481. The molecule has 0 saturated carbocycles. The van der Waals surface area contributed by atoms with Crippen molar-refractivity contribution in [2.24, 2.45) is 5.92 Å². The molecule has 0 spiro atoms. The van der Waals surface area contributed by atoms with Crippen LogP contribution in [0.3, 0.4) is 0 Å². The van der Waals surface area contributed by atoms with Crippen LogP contribution in [-0.4, -0.2) is 23.5 Å². The molecule has 1 rings (SSSR count). The molecular formula is C18H26O4. The van der Waals surface area contributed by atoms with Gasteiger partial charge in [-0.15, -0.1) is 0 Å².